The summed E-state index contributed by atoms with van der Waals surface area (Å²) in [6.07, 6.45) is -2.13. The maximum Gasteiger partial charge on any atom is 0.343 e. The topological polar surface area (TPSA) is 421 Å². The molecule has 4 rings (SSSR count). The van der Waals surface area contributed by atoms with Crippen molar-refractivity contribution in [1.29, 1.82) is 10.8 Å². The Morgan fingerprint density at radius 1 is 0.500 bits per heavy atom. The third-order valence-corrected chi connectivity index (χ3v) is 9.91. The highest BCUT2D eigenvalue weighted by atomic mass is 16.6. The van der Waals surface area contributed by atoms with E-state index in [1.54, 1.807) is 0 Å². The van der Waals surface area contributed by atoms with Crippen molar-refractivity contribution in [2.75, 3.05) is 50.3 Å². The third kappa shape index (κ3) is 20.6. The number of aryl methyl sites for hydroxylation is 2. The Morgan fingerprint density at radius 3 is 1.18 bits per heavy atom. The number of amides is 2. The van der Waals surface area contributed by atoms with E-state index in [1.165, 1.54) is 84.9 Å². The SMILES string of the molecule is N=C(N)Nc1ccc(C(=O)Oc2ccc(CCC(=O)NC(CC(=O)O)C(=O)O)c(OCCOCCOCCOc3cc(OC(=O)c4ccc(NC(=N)N)cc4)ccc3CCC(=O)N[C@@H](CC(=O)O)C(=O)O)c2)cc1. The first-order chi connectivity index (χ1) is 35.3. The lowest BCUT2D eigenvalue weighted by Crippen LogP contribution is -2.42. The first-order valence-electron chi connectivity index (χ1n) is 22.3. The molecular weight excluding hydrogens is 977 g/mol. The summed E-state index contributed by atoms with van der Waals surface area (Å²) >= 11 is 0. The maximum absolute atomic E-state index is 12.9. The number of guanidine groups is 2. The molecule has 0 bridgehead atoms. The van der Waals surface area contributed by atoms with Gasteiger partial charge in [0.15, 0.2) is 11.9 Å². The molecule has 0 saturated heterocycles. The van der Waals surface area contributed by atoms with Gasteiger partial charge in [-0.15, -0.1) is 0 Å². The summed E-state index contributed by atoms with van der Waals surface area (Å²) < 4.78 is 34.3. The van der Waals surface area contributed by atoms with Gasteiger partial charge in [0.25, 0.3) is 0 Å². The van der Waals surface area contributed by atoms with Gasteiger partial charge in [-0.3, -0.25) is 30.0 Å². The molecule has 26 nitrogen and oxygen atoms in total. The zero-order chi connectivity index (χ0) is 54.2. The molecule has 4 aromatic carbocycles. The Morgan fingerprint density at radius 2 is 0.851 bits per heavy atom. The van der Waals surface area contributed by atoms with Crippen molar-refractivity contribution < 1.29 is 87.2 Å². The van der Waals surface area contributed by atoms with E-state index in [4.69, 9.17) is 60.9 Å². The molecule has 0 aliphatic carbocycles. The van der Waals surface area contributed by atoms with E-state index in [2.05, 4.69) is 21.3 Å². The molecule has 2 amide bonds. The molecule has 0 spiro atoms. The van der Waals surface area contributed by atoms with E-state index in [1.807, 2.05) is 0 Å². The van der Waals surface area contributed by atoms with Crippen molar-refractivity contribution in [1.82, 2.24) is 10.6 Å². The zero-order valence-corrected chi connectivity index (χ0v) is 39.4. The van der Waals surface area contributed by atoms with E-state index < -0.39 is 72.6 Å². The smallest absolute Gasteiger partial charge is 0.343 e. The van der Waals surface area contributed by atoms with Gasteiger partial charge in [-0.2, -0.15) is 0 Å². The van der Waals surface area contributed by atoms with Crippen LogP contribution in [0.1, 0.15) is 57.5 Å². The van der Waals surface area contributed by atoms with Crippen LogP contribution < -0.4 is 51.7 Å². The van der Waals surface area contributed by atoms with Gasteiger partial charge in [0.1, 0.15) is 48.3 Å². The fourth-order valence-corrected chi connectivity index (χ4v) is 6.42. The summed E-state index contributed by atoms with van der Waals surface area (Å²) in [7, 11) is 0. The molecule has 0 fully saturated rings. The molecule has 74 heavy (non-hydrogen) atoms. The fraction of sp³-hybridized carbons (Fsp3) is 0.292. The maximum atomic E-state index is 12.9. The number of anilines is 2. The van der Waals surface area contributed by atoms with Crippen LogP contribution >= 0.6 is 0 Å². The minimum absolute atomic E-state index is 0.0147. The van der Waals surface area contributed by atoms with Crippen LogP contribution in [0, 0.1) is 10.8 Å². The summed E-state index contributed by atoms with van der Waals surface area (Å²) in [6.45, 7) is 0.172. The third-order valence-electron chi connectivity index (χ3n) is 9.91. The quantitative estimate of drug-likeness (QED) is 0.0113. The Hall–Kier alpha value is -9.30. The van der Waals surface area contributed by atoms with Crippen LogP contribution in [0.3, 0.4) is 0 Å². The molecule has 0 radical (unpaired) electrons. The van der Waals surface area contributed by atoms with Gasteiger partial charge < -0.3 is 81.6 Å². The van der Waals surface area contributed by atoms with Crippen LogP contribution in [0.25, 0.3) is 0 Å². The molecule has 0 aliphatic rings. The molecule has 0 saturated carbocycles. The number of benzene rings is 4. The second-order valence-corrected chi connectivity index (χ2v) is 15.6. The molecule has 1 unspecified atom stereocenters. The van der Waals surface area contributed by atoms with Crippen LogP contribution in [0.2, 0.25) is 0 Å². The molecule has 14 N–H and O–H groups in total. The van der Waals surface area contributed by atoms with E-state index in [9.17, 15) is 48.6 Å². The number of hydrogen-bond acceptors (Lipinski definition) is 16. The number of rotatable bonds is 31. The average Bonchev–Trinajstić information content (AvgIpc) is 3.33. The fourth-order valence-electron chi connectivity index (χ4n) is 6.42. The molecule has 0 aromatic heterocycles. The van der Waals surface area contributed by atoms with Crippen LogP contribution in [0.15, 0.2) is 84.9 Å². The minimum atomic E-state index is -1.65. The summed E-state index contributed by atoms with van der Waals surface area (Å²) in [5.74, 6) is -8.83. The number of nitrogens with two attached hydrogens (primary N) is 2. The predicted molar refractivity (Wildman–Crippen MR) is 260 cm³/mol. The Labute approximate surface area is 421 Å². The van der Waals surface area contributed by atoms with Crippen LogP contribution in [0.4, 0.5) is 11.4 Å². The van der Waals surface area contributed by atoms with Gasteiger partial charge in [0.05, 0.1) is 50.4 Å². The molecule has 0 heterocycles. The number of carbonyl (C=O) groups is 8. The number of aliphatic carboxylic acids is 4. The monoisotopic (exact) mass is 1030 g/mol. The molecule has 26 heteroatoms. The first-order valence-corrected chi connectivity index (χ1v) is 22.3. The van der Waals surface area contributed by atoms with Crippen molar-refractivity contribution in [3.63, 3.8) is 0 Å². The number of carbonyl (C=O) groups excluding carboxylic acids is 4. The van der Waals surface area contributed by atoms with Gasteiger partial charge in [0.2, 0.25) is 11.8 Å². The predicted octanol–water partition coefficient (Wildman–Crippen LogP) is 2.18. The van der Waals surface area contributed by atoms with Gasteiger partial charge in [-0.25, -0.2) is 19.2 Å². The first kappa shape index (κ1) is 57.3. The highest BCUT2D eigenvalue weighted by Crippen LogP contribution is 2.29. The minimum Gasteiger partial charge on any atom is -0.491 e. The second-order valence-electron chi connectivity index (χ2n) is 15.6. The van der Waals surface area contributed by atoms with E-state index >= 15 is 0 Å². The van der Waals surface area contributed by atoms with E-state index in [-0.39, 0.29) is 111 Å². The Bertz CT molecular complexity index is 2480. The van der Waals surface area contributed by atoms with Gasteiger partial charge in [-0.05, 0) is 84.6 Å². The number of esters is 2. The Balaban J connectivity index is 1.33. The standard InChI is InChI=1S/C48H54N8O18/c49-47(50)53-31-9-1-29(2-10-31)45(67)73-33-13-5-27(7-15-39(57)55-35(43(63)64)25-41(59)60)37(23-33)71-21-19-69-17-18-70-20-22-72-38-24-34(74-46(68)30-3-11-32(12-4-30)54-48(51)52)14-6-28(38)8-16-40(58)56-36(44(65)66)26-42(61)62/h1-6,9-14,23-24,35-36H,7-8,15-22,25-26H2,(H,55,57)(H,56,58)(H,59,60)(H,61,62)(H,63,64)(H,65,66)(H4,49,50,53)(H4,51,52,54)/t35-,36?/m0/s1. The lowest BCUT2D eigenvalue weighted by Gasteiger charge is -2.16. The van der Waals surface area contributed by atoms with Crippen molar-refractivity contribution >= 4 is 70.9 Å². The summed E-state index contributed by atoms with van der Waals surface area (Å²) in [5, 5.41) is 60.9. The summed E-state index contributed by atoms with van der Waals surface area (Å²) in [5.41, 5.74) is 12.9. The Kier molecular flexibility index (Phi) is 22.6. The van der Waals surface area contributed by atoms with Crippen molar-refractivity contribution in [2.45, 2.75) is 50.6 Å². The average molecular weight is 1030 g/mol. The van der Waals surface area contributed by atoms with E-state index in [0.29, 0.717) is 22.5 Å². The molecule has 394 valence electrons. The van der Waals surface area contributed by atoms with Crippen LogP contribution in [0.5, 0.6) is 23.0 Å². The zero-order valence-electron chi connectivity index (χ0n) is 39.4. The van der Waals surface area contributed by atoms with Crippen molar-refractivity contribution in [2.24, 2.45) is 11.5 Å². The highest BCUT2D eigenvalue weighted by molar-refractivity contribution is 5.95. The lowest BCUT2D eigenvalue weighted by molar-refractivity contribution is -0.147. The van der Waals surface area contributed by atoms with E-state index in [0.717, 1.165) is 0 Å². The molecule has 4 aromatic rings. The van der Waals surface area contributed by atoms with Gasteiger partial charge >= 0.3 is 35.8 Å². The highest BCUT2D eigenvalue weighted by Gasteiger charge is 2.25. The number of ether oxygens (including phenoxy) is 6. The second kappa shape index (κ2) is 29.1. The number of hydrogen-bond donors (Lipinski definition) is 12. The van der Waals surface area contributed by atoms with Crippen LogP contribution in [-0.4, -0.2) is 132 Å². The van der Waals surface area contributed by atoms with Gasteiger partial charge in [-0.1, -0.05) is 12.1 Å². The van der Waals surface area contributed by atoms with Gasteiger partial charge in [0, 0.05) is 36.3 Å². The summed E-state index contributed by atoms with van der Waals surface area (Å²) in [6, 6.07) is 17.4. The van der Waals surface area contributed by atoms with Crippen molar-refractivity contribution in [3.05, 3.63) is 107 Å². The lowest BCUT2D eigenvalue weighted by atomic mass is 10.1. The number of carboxylic acid groups (broad SMARTS) is 4. The summed E-state index contributed by atoms with van der Waals surface area (Å²) in [4.78, 5) is 96.2. The normalized spacial score (nSPS) is 11.4. The largest absolute Gasteiger partial charge is 0.491 e. The number of carboxylic acids is 4. The van der Waals surface area contributed by atoms with Crippen molar-refractivity contribution in [3.8, 4) is 23.0 Å². The molecular formula is C48H54N8O18. The molecule has 0 aliphatic heterocycles. The number of nitrogens with one attached hydrogen (secondary N) is 6. The van der Waals surface area contributed by atoms with Crippen LogP contribution in [-0.2, 0) is 51.1 Å². The molecule has 2 atom stereocenters.